The van der Waals surface area contributed by atoms with E-state index in [9.17, 15) is 0 Å². The Hall–Kier alpha value is -1.02. The molecule has 1 aliphatic carbocycles. The second-order valence-corrected chi connectivity index (χ2v) is 4.68. The minimum absolute atomic E-state index is 0.477. The summed E-state index contributed by atoms with van der Waals surface area (Å²) < 4.78 is 5.31. The van der Waals surface area contributed by atoms with Crippen LogP contribution in [0.4, 0.5) is 0 Å². The molecule has 0 heterocycles. The average Bonchev–Trinajstić information content (AvgIpc) is 2.54. The molecule has 0 amide bonds. The van der Waals surface area contributed by atoms with Crippen molar-refractivity contribution in [3.05, 3.63) is 29.3 Å². The maximum absolute atomic E-state index is 5.31. The monoisotopic (exact) mass is 219 g/mol. The maximum atomic E-state index is 5.31. The molecule has 1 aromatic carbocycles. The van der Waals surface area contributed by atoms with Crippen molar-refractivity contribution < 1.29 is 4.74 Å². The summed E-state index contributed by atoms with van der Waals surface area (Å²) in [4.78, 5) is 0. The van der Waals surface area contributed by atoms with E-state index in [-0.39, 0.29) is 0 Å². The fourth-order valence-electron chi connectivity index (χ4n) is 2.73. The lowest BCUT2D eigenvalue weighted by molar-refractivity contribution is 0.384. The molecule has 2 rings (SSSR count). The van der Waals surface area contributed by atoms with Crippen LogP contribution in [-0.2, 0) is 0 Å². The van der Waals surface area contributed by atoms with Crippen LogP contribution in [0.15, 0.2) is 18.2 Å². The van der Waals surface area contributed by atoms with Crippen molar-refractivity contribution >= 4 is 0 Å². The average molecular weight is 219 g/mol. The summed E-state index contributed by atoms with van der Waals surface area (Å²) >= 11 is 0. The Labute approximate surface area is 98.0 Å². The summed E-state index contributed by atoms with van der Waals surface area (Å²) in [5.74, 6) is 2.25. The van der Waals surface area contributed by atoms with E-state index in [0.717, 1.165) is 12.3 Å². The van der Waals surface area contributed by atoms with Gasteiger partial charge in [-0.1, -0.05) is 26.8 Å². The Morgan fingerprint density at radius 3 is 2.62 bits per heavy atom. The van der Waals surface area contributed by atoms with Gasteiger partial charge in [-0.25, -0.2) is 0 Å². The first-order valence-electron chi connectivity index (χ1n) is 6.10. The van der Waals surface area contributed by atoms with E-state index in [1.165, 1.54) is 11.1 Å². The van der Waals surface area contributed by atoms with E-state index in [1.807, 2.05) is 0 Å². The summed E-state index contributed by atoms with van der Waals surface area (Å²) in [5.41, 5.74) is 2.89. The number of hydrogen-bond donors (Lipinski definition) is 1. The summed E-state index contributed by atoms with van der Waals surface area (Å²) in [5, 5.41) is 3.58. The molecule has 0 saturated carbocycles. The lowest BCUT2D eigenvalue weighted by atomic mass is 9.94. The van der Waals surface area contributed by atoms with Crippen molar-refractivity contribution in [3.63, 3.8) is 0 Å². The molecule has 3 unspecified atom stereocenters. The first-order chi connectivity index (χ1) is 7.69. The highest BCUT2D eigenvalue weighted by Crippen LogP contribution is 2.45. The second kappa shape index (κ2) is 4.46. The third-order valence-corrected chi connectivity index (χ3v) is 3.86. The predicted molar refractivity (Wildman–Crippen MR) is 67.0 cm³/mol. The lowest BCUT2D eigenvalue weighted by Gasteiger charge is -2.19. The second-order valence-electron chi connectivity index (χ2n) is 4.68. The topological polar surface area (TPSA) is 21.3 Å². The van der Waals surface area contributed by atoms with Gasteiger partial charge >= 0.3 is 0 Å². The van der Waals surface area contributed by atoms with Gasteiger partial charge in [0.05, 0.1) is 7.11 Å². The summed E-state index contributed by atoms with van der Waals surface area (Å²) in [6.45, 7) is 7.81. The third-order valence-electron chi connectivity index (χ3n) is 3.86. The highest BCUT2D eigenvalue weighted by molar-refractivity contribution is 5.44. The summed E-state index contributed by atoms with van der Waals surface area (Å²) in [7, 11) is 1.73. The molecule has 0 aliphatic heterocycles. The minimum atomic E-state index is 0.477. The largest absolute Gasteiger partial charge is 0.497 e. The normalized spacial score (nSPS) is 27.9. The highest BCUT2D eigenvalue weighted by atomic mass is 16.5. The van der Waals surface area contributed by atoms with E-state index in [4.69, 9.17) is 4.74 Å². The van der Waals surface area contributed by atoms with Crippen LogP contribution in [0.3, 0.4) is 0 Å². The molecule has 16 heavy (non-hydrogen) atoms. The zero-order valence-electron chi connectivity index (χ0n) is 10.6. The molecule has 0 fully saturated rings. The number of benzene rings is 1. The number of nitrogens with one attached hydrogen (secondary N) is 1. The van der Waals surface area contributed by atoms with Crippen molar-refractivity contribution in [2.45, 2.75) is 32.7 Å². The van der Waals surface area contributed by atoms with Crippen LogP contribution in [0.2, 0.25) is 0 Å². The number of hydrogen-bond acceptors (Lipinski definition) is 2. The van der Waals surface area contributed by atoms with Crippen molar-refractivity contribution in [1.29, 1.82) is 0 Å². The molecule has 3 atom stereocenters. The fourth-order valence-corrected chi connectivity index (χ4v) is 2.73. The van der Waals surface area contributed by atoms with Gasteiger partial charge in [0.25, 0.3) is 0 Å². The molecule has 0 saturated heterocycles. The van der Waals surface area contributed by atoms with Crippen LogP contribution in [0, 0.1) is 5.92 Å². The Bertz CT molecular complexity index is 375. The van der Waals surface area contributed by atoms with Crippen molar-refractivity contribution in [1.82, 2.24) is 5.32 Å². The van der Waals surface area contributed by atoms with Crippen LogP contribution in [-0.4, -0.2) is 13.7 Å². The Morgan fingerprint density at radius 2 is 2.00 bits per heavy atom. The van der Waals surface area contributed by atoms with E-state index >= 15 is 0 Å². The number of methoxy groups -OCH3 is 1. The number of rotatable bonds is 3. The molecule has 1 aliphatic rings. The van der Waals surface area contributed by atoms with Gasteiger partial charge in [-0.05, 0) is 41.6 Å². The maximum Gasteiger partial charge on any atom is 0.119 e. The molecular formula is C14H21NO. The van der Waals surface area contributed by atoms with E-state index < -0.39 is 0 Å². The van der Waals surface area contributed by atoms with E-state index in [2.05, 4.69) is 44.3 Å². The van der Waals surface area contributed by atoms with Gasteiger partial charge in [-0.2, -0.15) is 0 Å². The molecule has 2 nitrogen and oxygen atoms in total. The van der Waals surface area contributed by atoms with Gasteiger partial charge < -0.3 is 10.1 Å². The first-order valence-corrected chi connectivity index (χ1v) is 6.10. The van der Waals surface area contributed by atoms with Crippen LogP contribution >= 0.6 is 0 Å². The quantitative estimate of drug-likeness (QED) is 0.843. The van der Waals surface area contributed by atoms with Gasteiger partial charge in [-0.15, -0.1) is 0 Å². The van der Waals surface area contributed by atoms with Crippen LogP contribution < -0.4 is 10.1 Å². The molecular weight excluding hydrogens is 198 g/mol. The van der Waals surface area contributed by atoms with Crippen molar-refractivity contribution in [3.8, 4) is 5.75 Å². The SMILES string of the molecule is CCNC1c2cc(OC)ccc2C(C)C1C. The third kappa shape index (κ3) is 1.71. The first kappa shape index (κ1) is 11.5. The Balaban J connectivity index is 2.40. The molecule has 0 aromatic heterocycles. The van der Waals surface area contributed by atoms with Crippen LogP contribution in [0.1, 0.15) is 43.9 Å². The van der Waals surface area contributed by atoms with Crippen LogP contribution in [0.25, 0.3) is 0 Å². The van der Waals surface area contributed by atoms with Gasteiger partial charge in [0.1, 0.15) is 5.75 Å². The molecule has 0 spiro atoms. The molecule has 2 heteroatoms. The standard InChI is InChI=1S/C14H21NO/c1-5-15-14-10(3)9(2)12-7-6-11(16-4)8-13(12)14/h6-10,14-15H,5H2,1-4H3. The minimum Gasteiger partial charge on any atom is -0.497 e. The number of fused-ring (bicyclic) bond motifs is 1. The van der Waals surface area contributed by atoms with E-state index in [1.54, 1.807) is 7.11 Å². The predicted octanol–water partition coefficient (Wildman–Crippen LogP) is 3.10. The van der Waals surface area contributed by atoms with Crippen molar-refractivity contribution in [2.24, 2.45) is 5.92 Å². The lowest BCUT2D eigenvalue weighted by Crippen LogP contribution is -2.24. The zero-order valence-corrected chi connectivity index (χ0v) is 10.6. The smallest absolute Gasteiger partial charge is 0.119 e. The zero-order chi connectivity index (χ0) is 11.7. The summed E-state index contributed by atoms with van der Waals surface area (Å²) in [6, 6.07) is 6.94. The van der Waals surface area contributed by atoms with E-state index in [0.29, 0.717) is 17.9 Å². The van der Waals surface area contributed by atoms with Gasteiger partial charge in [0.15, 0.2) is 0 Å². The molecule has 0 bridgehead atoms. The van der Waals surface area contributed by atoms with Crippen LogP contribution in [0.5, 0.6) is 5.75 Å². The molecule has 1 aromatic rings. The molecule has 0 radical (unpaired) electrons. The fraction of sp³-hybridized carbons (Fsp3) is 0.571. The van der Waals surface area contributed by atoms with Gasteiger partial charge in [0, 0.05) is 6.04 Å². The molecule has 1 N–H and O–H groups in total. The highest BCUT2D eigenvalue weighted by Gasteiger charge is 2.34. The molecule has 88 valence electrons. The summed E-state index contributed by atoms with van der Waals surface area (Å²) in [6.07, 6.45) is 0. The van der Waals surface area contributed by atoms with Crippen molar-refractivity contribution in [2.75, 3.05) is 13.7 Å². The van der Waals surface area contributed by atoms with Gasteiger partial charge in [0.2, 0.25) is 0 Å². The number of ether oxygens (including phenoxy) is 1. The van der Waals surface area contributed by atoms with Gasteiger partial charge in [-0.3, -0.25) is 0 Å². The Morgan fingerprint density at radius 1 is 1.25 bits per heavy atom. The Kier molecular flexibility index (Phi) is 3.20.